The Morgan fingerprint density at radius 1 is 1.20 bits per heavy atom. The summed E-state index contributed by atoms with van der Waals surface area (Å²) in [7, 11) is 0. The minimum Gasteiger partial charge on any atom is -0.487 e. The highest BCUT2D eigenvalue weighted by Gasteiger charge is 2.43. The zero-order valence-electron chi connectivity index (χ0n) is 15.2. The minimum absolute atomic E-state index is 0.00708. The van der Waals surface area contributed by atoms with Crippen molar-refractivity contribution in [2.24, 2.45) is 0 Å². The molecule has 1 spiro atoms. The highest BCUT2D eigenvalue weighted by molar-refractivity contribution is 7.09. The van der Waals surface area contributed by atoms with Gasteiger partial charge in [-0.3, -0.25) is 0 Å². The van der Waals surface area contributed by atoms with Crippen LogP contribution in [0.5, 0.6) is 5.75 Å². The van der Waals surface area contributed by atoms with Crippen LogP contribution in [-0.4, -0.2) is 29.6 Å². The van der Waals surface area contributed by atoms with Crippen LogP contribution in [0.3, 0.4) is 0 Å². The van der Waals surface area contributed by atoms with Gasteiger partial charge >= 0.3 is 0 Å². The van der Waals surface area contributed by atoms with Gasteiger partial charge in [0.1, 0.15) is 11.4 Å². The Balaban J connectivity index is 1.52. The summed E-state index contributed by atoms with van der Waals surface area (Å²) in [5.41, 5.74) is 1.31. The molecule has 25 heavy (non-hydrogen) atoms. The predicted molar refractivity (Wildman–Crippen MR) is 104 cm³/mol. The zero-order chi connectivity index (χ0) is 17.3. The molecule has 1 unspecified atom stereocenters. The van der Waals surface area contributed by atoms with E-state index in [9.17, 15) is 0 Å². The van der Waals surface area contributed by atoms with Crippen LogP contribution in [0, 0.1) is 0 Å². The lowest BCUT2D eigenvalue weighted by Gasteiger charge is -2.48. The first kappa shape index (κ1) is 17.1. The molecule has 0 saturated carbocycles. The lowest BCUT2D eigenvalue weighted by atomic mass is 9.80. The van der Waals surface area contributed by atoms with Crippen molar-refractivity contribution in [1.82, 2.24) is 10.2 Å². The molecule has 134 valence electrons. The summed E-state index contributed by atoms with van der Waals surface area (Å²) in [6.07, 6.45) is 3.31. The summed E-state index contributed by atoms with van der Waals surface area (Å²) in [5.74, 6) is 1.08. The maximum absolute atomic E-state index is 6.59. The summed E-state index contributed by atoms with van der Waals surface area (Å²) in [6, 6.07) is 13.9. The van der Waals surface area contributed by atoms with Gasteiger partial charge in [0.25, 0.3) is 0 Å². The SMILES string of the molecule is CC(C)N1CCC2(CC1)CC(NCc1cccs1)c1ccccc1O2. The Morgan fingerprint density at radius 2 is 2.00 bits per heavy atom. The molecule has 0 aliphatic carbocycles. The number of thiophene rings is 1. The van der Waals surface area contributed by atoms with Crippen LogP contribution >= 0.6 is 11.3 Å². The lowest BCUT2D eigenvalue weighted by Crippen LogP contribution is -2.53. The zero-order valence-corrected chi connectivity index (χ0v) is 16.0. The molecule has 1 N–H and O–H groups in total. The Hall–Kier alpha value is -1.36. The Kier molecular flexibility index (Phi) is 4.85. The van der Waals surface area contributed by atoms with Crippen molar-refractivity contribution < 1.29 is 4.74 Å². The van der Waals surface area contributed by atoms with Crippen molar-refractivity contribution in [3.05, 3.63) is 52.2 Å². The highest BCUT2D eigenvalue weighted by atomic mass is 32.1. The number of ether oxygens (including phenoxy) is 1. The molecule has 1 aromatic carbocycles. The maximum Gasteiger partial charge on any atom is 0.124 e. The standard InChI is InChI=1S/C21H28N2OS/c1-16(2)23-11-9-21(10-12-23)14-19(22-15-17-6-5-13-25-17)18-7-3-4-8-20(18)24-21/h3-8,13,16,19,22H,9-12,14-15H2,1-2H3. The molecule has 0 bridgehead atoms. The second-order valence-electron chi connectivity index (χ2n) is 7.67. The van der Waals surface area contributed by atoms with Gasteiger partial charge in [0, 0.05) is 48.6 Å². The Labute approximate surface area is 155 Å². The van der Waals surface area contributed by atoms with Crippen molar-refractivity contribution >= 4 is 11.3 Å². The quantitative estimate of drug-likeness (QED) is 0.866. The molecule has 0 amide bonds. The fraction of sp³-hybridized carbons (Fsp3) is 0.524. The maximum atomic E-state index is 6.59. The van der Waals surface area contributed by atoms with Crippen LogP contribution in [0.4, 0.5) is 0 Å². The van der Waals surface area contributed by atoms with Crippen molar-refractivity contribution in [2.45, 2.75) is 57.3 Å². The third kappa shape index (κ3) is 3.62. The van der Waals surface area contributed by atoms with E-state index >= 15 is 0 Å². The average molecular weight is 357 g/mol. The molecular weight excluding hydrogens is 328 g/mol. The Morgan fingerprint density at radius 3 is 2.72 bits per heavy atom. The van der Waals surface area contributed by atoms with Gasteiger partial charge in [0.2, 0.25) is 0 Å². The largest absolute Gasteiger partial charge is 0.487 e. The third-order valence-corrected chi connectivity index (χ3v) is 6.62. The molecule has 2 aliphatic rings. The fourth-order valence-corrected chi connectivity index (χ4v) is 4.85. The van der Waals surface area contributed by atoms with Crippen LogP contribution in [0.2, 0.25) is 0 Å². The van der Waals surface area contributed by atoms with Crippen LogP contribution < -0.4 is 10.1 Å². The number of fused-ring (bicyclic) bond motifs is 1. The van der Waals surface area contributed by atoms with Gasteiger partial charge in [0.05, 0.1) is 0 Å². The number of nitrogens with one attached hydrogen (secondary N) is 1. The number of nitrogens with zero attached hydrogens (tertiary/aromatic N) is 1. The number of para-hydroxylation sites is 1. The smallest absolute Gasteiger partial charge is 0.124 e. The van der Waals surface area contributed by atoms with E-state index in [1.54, 1.807) is 0 Å². The van der Waals surface area contributed by atoms with E-state index < -0.39 is 0 Å². The molecule has 4 heteroatoms. The molecule has 1 fully saturated rings. The van der Waals surface area contributed by atoms with Gasteiger partial charge in [-0.1, -0.05) is 24.3 Å². The first-order valence-corrected chi connectivity index (χ1v) is 10.3. The lowest BCUT2D eigenvalue weighted by molar-refractivity contribution is -0.0314. The van der Waals surface area contributed by atoms with E-state index in [4.69, 9.17) is 4.74 Å². The number of hydrogen-bond acceptors (Lipinski definition) is 4. The average Bonchev–Trinajstić information content (AvgIpc) is 3.13. The van der Waals surface area contributed by atoms with Gasteiger partial charge in [0.15, 0.2) is 0 Å². The predicted octanol–water partition coefficient (Wildman–Crippen LogP) is 4.60. The second-order valence-corrected chi connectivity index (χ2v) is 8.70. The monoisotopic (exact) mass is 356 g/mol. The van der Waals surface area contributed by atoms with Crippen LogP contribution in [0.15, 0.2) is 41.8 Å². The molecule has 4 rings (SSSR count). The van der Waals surface area contributed by atoms with E-state index in [2.05, 4.69) is 65.8 Å². The summed E-state index contributed by atoms with van der Waals surface area (Å²) in [4.78, 5) is 3.97. The van der Waals surface area contributed by atoms with Crippen LogP contribution in [0.1, 0.15) is 49.6 Å². The number of hydrogen-bond donors (Lipinski definition) is 1. The topological polar surface area (TPSA) is 24.5 Å². The molecule has 2 aliphatic heterocycles. The summed E-state index contributed by atoms with van der Waals surface area (Å²) in [5, 5.41) is 5.95. The van der Waals surface area contributed by atoms with Crippen molar-refractivity contribution in [1.29, 1.82) is 0 Å². The van der Waals surface area contributed by atoms with Crippen molar-refractivity contribution in [3.8, 4) is 5.75 Å². The van der Waals surface area contributed by atoms with E-state index in [-0.39, 0.29) is 5.60 Å². The van der Waals surface area contributed by atoms with Crippen molar-refractivity contribution in [2.75, 3.05) is 13.1 Å². The van der Waals surface area contributed by atoms with E-state index in [0.717, 1.165) is 44.6 Å². The first-order chi connectivity index (χ1) is 12.2. The second kappa shape index (κ2) is 7.10. The van der Waals surface area contributed by atoms with E-state index in [0.29, 0.717) is 12.1 Å². The van der Waals surface area contributed by atoms with Crippen LogP contribution in [0.25, 0.3) is 0 Å². The van der Waals surface area contributed by atoms with E-state index in [1.807, 2.05) is 11.3 Å². The van der Waals surface area contributed by atoms with Gasteiger partial charge in [-0.2, -0.15) is 0 Å². The first-order valence-electron chi connectivity index (χ1n) is 9.43. The normalized spacial score (nSPS) is 22.8. The van der Waals surface area contributed by atoms with Crippen LogP contribution in [-0.2, 0) is 6.54 Å². The molecule has 1 atom stereocenters. The Bertz CT molecular complexity index is 690. The van der Waals surface area contributed by atoms with Gasteiger partial charge < -0.3 is 15.0 Å². The molecule has 3 nitrogen and oxygen atoms in total. The molecule has 1 saturated heterocycles. The van der Waals surface area contributed by atoms with Gasteiger partial charge in [-0.05, 0) is 44.2 Å². The number of rotatable bonds is 4. The highest BCUT2D eigenvalue weighted by Crippen LogP contribution is 2.44. The number of likely N-dealkylation sites (tertiary alicyclic amines) is 1. The molecule has 1 aromatic heterocycles. The molecule has 3 heterocycles. The number of benzene rings is 1. The summed E-state index contributed by atoms with van der Waals surface area (Å²) < 4.78 is 6.59. The molecule has 0 radical (unpaired) electrons. The summed E-state index contributed by atoms with van der Waals surface area (Å²) in [6.45, 7) is 7.79. The number of piperidine rings is 1. The summed E-state index contributed by atoms with van der Waals surface area (Å²) >= 11 is 1.82. The molecular formula is C21H28N2OS. The van der Waals surface area contributed by atoms with E-state index in [1.165, 1.54) is 10.4 Å². The molecule has 2 aromatic rings. The fourth-order valence-electron chi connectivity index (χ4n) is 4.19. The minimum atomic E-state index is -0.00708. The van der Waals surface area contributed by atoms with Gasteiger partial charge in [-0.15, -0.1) is 11.3 Å². The van der Waals surface area contributed by atoms with Crippen molar-refractivity contribution in [3.63, 3.8) is 0 Å². The van der Waals surface area contributed by atoms with Gasteiger partial charge in [-0.25, -0.2) is 0 Å². The third-order valence-electron chi connectivity index (χ3n) is 5.74.